The van der Waals surface area contributed by atoms with Crippen molar-refractivity contribution >= 4 is 28.6 Å². The van der Waals surface area contributed by atoms with Gasteiger partial charge in [-0.3, -0.25) is 4.79 Å². The molecule has 0 saturated carbocycles. The van der Waals surface area contributed by atoms with Gasteiger partial charge in [-0.15, -0.1) is 12.8 Å². The van der Waals surface area contributed by atoms with Gasteiger partial charge in [-0.05, 0) is 30.2 Å². The van der Waals surface area contributed by atoms with Gasteiger partial charge in [-0.1, -0.05) is 12.1 Å². The number of hydrogen-bond acceptors (Lipinski definition) is 8. The van der Waals surface area contributed by atoms with Crippen LogP contribution in [0.1, 0.15) is 12.0 Å². The van der Waals surface area contributed by atoms with Crippen LogP contribution in [0.3, 0.4) is 0 Å². The minimum atomic E-state index is -0.898. The number of carbonyl (C=O) groups excluding carboxylic acids is 1. The fraction of sp³-hybridized carbons (Fsp3) is 0.393. The highest BCUT2D eigenvalue weighted by atomic mass is 19.1. The van der Waals surface area contributed by atoms with Crippen LogP contribution in [-0.2, 0) is 11.2 Å². The number of hydrogen-bond donors (Lipinski definition) is 2. The lowest BCUT2D eigenvalue weighted by Gasteiger charge is -2.35. The van der Waals surface area contributed by atoms with Crippen molar-refractivity contribution in [2.24, 2.45) is 5.73 Å². The van der Waals surface area contributed by atoms with Crippen molar-refractivity contribution in [3.05, 3.63) is 47.5 Å². The van der Waals surface area contributed by atoms with Crippen molar-refractivity contribution in [1.29, 1.82) is 0 Å². The summed E-state index contributed by atoms with van der Waals surface area (Å²) in [5.41, 5.74) is 11.8. The summed E-state index contributed by atoms with van der Waals surface area (Å²) in [5, 5.41) is 0.337. The fourth-order valence-electron chi connectivity index (χ4n) is 3.94. The molecule has 1 fully saturated rings. The first-order chi connectivity index (χ1) is 19.7. The lowest BCUT2D eigenvalue weighted by molar-refractivity contribution is -0.131. The largest absolute Gasteiger partial charge is 0.493 e. The molecule has 0 aliphatic carbocycles. The fourth-order valence-corrected chi connectivity index (χ4v) is 3.94. The molecule has 222 valence electrons. The average Bonchev–Trinajstić information content (AvgIpc) is 3.01. The van der Waals surface area contributed by atoms with Gasteiger partial charge < -0.3 is 30.7 Å². The second kappa shape index (κ2) is 16.1. The second-order valence-electron chi connectivity index (χ2n) is 8.79. The number of terminal acetylenes is 1. The molecule has 1 aromatic heterocycles. The first-order valence-corrected chi connectivity index (χ1v) is 12.6. The minimum absolute atomic E-state index is 0.0285. The Labute approximate surface area is 236 Å². The summed E-state index contributed by atoms with van der Waals surface area (Å²) in [6.45, 7) is 0.410. The van der Waals surface area contributed by atoms with E-state index in [0.29, 0.717) is 50.4 Å². The SMILES string of the molecule is C#C.COc1cc2c(N)nc(N3CCN(C(=O)CCc4ccc(F)cc4)CC3)nc2c(F)c1OC.NC(CF)CF. The number of nitrogen functional groups attached to an aromatic ring is 1. The Morgan fingerprint density at radius 3 is 2.15 bits per heavy atom. The predicted octanol–water partition coefficient (Wildman–Crippen LogP) is 3.29. The van der Waals surface area contributed by atoms with Gasteiger partial charge in [0.05, 0.1) is 20.3 Å². The minimum Gasteiger partial charge on any atom is -0.493 e. The third kappa shape index (κ3) is 8.59. The molecule has 0 radical (unpaired) electrons. The lowest BCUT2D eigenvalue weighted by Crippen LogP contribution is -2.49. The number of aromatic nitrogens is 2. The molecule has 0 spiro atoms. The van der Waals surface area contributed by atoms with Crippen LogP contribution in [0.2, 0.25) is 0 Å². The first-order valence-electron chi connectivity index (χ1n) is 12.6. The first kappa shape index (κ1) is 32.9. The molecule has 9 nitrogen and oxygen atoms in total. The van der Waals surface area contributed by atoms with E-state index >= 15 is 4.39 Å². The van der Waals surface area contributed by atoms with Crippen LogP contribution in [0.5, 0.6) is 11.5 Å². The number of ether oxygens (including phenoxy) is 2. The van der Waals surface area contributed by atoms with Crippen LogP contribution >= 0.6 is 0 Å². The van der Waals surface area contributed by atoms with Crippen molar-refractivity contribution in [3.63, 3.8) is 0 Å². The van der Waals surface area contributed by atoms with Crippen LogP contribution in [0.15, 0.2) is 30.3 Å². The smallest absolute Gasteiger partial charge is 0.228 e. The summed E-state index contributed by atoms with van der Waals surface area (Å²) in [4.78, 5) is 25.0. The maximum atomic E-state index is 15.0. The van der Waals surface area contributed by atoms with Crippen LogP contribution in [0, 0.1) is 24.5 Å². The maximum absolute atomic E-state index is 15.0. The molecule has 4 N–H and O–H groups in total. The van der Waals surface area contributed by atoms with Crippen molar-refractivity contribution in [2.75, 3.05) is 64.4 Å². The molecule has 2 aromatic carbocycles. The number of fused-ring (bicyclic) bond motifs is 1. The molecule has 4 rings (SSSR count). The van der Waals surface area contributed by atoms with Gasteiger partial charge in [0, 0.05) is 38.0 Å². The summed E-state index contributed by atoms with van der Waals surface area (Å²) >= 11 is 0. The molecule has 1 saturated heterocycles. The predicted molar refractivity (Wildman–Crippen MR) is 150 cm³/mol. The highest BCUT2D eigenvalue weighted by Gasteiger charge is 2.25. The molecular formula is C28H34F4N6O3. The zero-order valence-electron chi connectivity index (χ0n) is 23.0. The Kier molecular flexibility index (Phi) is 12.9. The number of nitrogens with two attached hydrogens (primary N) is 2. The van der Waals surface area contributed by atoms with Gasteiger partial charge in [0.25, 0.3) is 0 Å². The monoisotopic (exact) mass is 578 g/mol. The summed E-state index contributed by atoms with van der Waals surface area (Å²) in [7, 11) is 2.76. The summed E-state index contributed by atoms with van der Waals surface area (Å²) < 4.78 is 60.4. The zero-order chi connectivity index (χ0) is 30.5. The maximum Gasteiger partial charge on any atom is 0.228 e. The number of methoxy groups -OCH3 is 2. The molecular weight excluding hydrogens is 544 g/mol. The average molecular weight is 579 g/mol. The van der Waals surface area contributed by atoms with Crippen molar-refractivity contribution in [3.8, 4) is 24.3 Å². The number of alkyl halides is 2. The number of anilines is 2. The number of piperazine rings is 1. The van der Waals surface area contributed by atoms with E-state index in [1.165, 1.54) is 26.4 Å². The molecule has 1 aliphatic heterocycles. The highest BCUT2D eigenvalue weighted by Crippen LogP contribution is 2.37. The second-order valence-corrected chi connectivity index (χ2v) is 8.79. The molecule has 1 amide bonds. The molecule has 1 aliphatic rings. The lowest BCUT2D eigenvalue weighted by atomic mass is 10.1. The van der Waals surface area contributed by atoms with Crippen LogP contribution in [0.25, 0.3) is 10.9 Å². The Morgan fingerprint density at radius 2 is 1.63 bits per heavy atom. The van der Waals surface area contributed by atoms with Crippen molar-refractivity contribution in [2.45, 2.75) is 18.9 Å². The van der Waals surface area contributed by atoms with Crippen LogP contribution < -0.4 is 25.8 Å². The Morgan fingerprint density at radius 1 is 1.02 bits per heavy atom. The summed E-state index contributed by atoms with van der Waals surface area (Å²) in [6.07, 6.45) is 8.89. The molecule has 41 heavy (non-hydrogen) atoms. The van der Waals surface area contributed by atoms with Gasteiger partial charge in [0.2, 0.25) is 11.9 Å². The van der Waals surface area contributed by atoms with Gasteiger partial charge in [-0.2, -0.15) is 4.98 Å². The van der Waals surface area contributed by atoms with E-state index in [0.717, 1.165) is 5.56 Å². The Balaban J connectivity index is 0.000000654. The quantitative estimate of drug-likeness (QED) is 0.309. The van der Waals surface area contributed by atoms with Gasteiger partial charge in [-0.25, -0.2) is 22.5 Å². The summed E-state index contributed by atoms with van der Waals surface area (Å²) in [6, 6.07) is 6.81. The Hall–Kier alpha value is -4.31. The Bertz CT molecular complexity index is 1300. The number of halogens is 4. The van der Waals surface area contributed by atoms with Crippen LogP contribution in [0.4, 0.5) is 29.3 Å². The zero-order valence-corrected chi connectivity index (χ0v) is 23.0. The molecule has 0 bridgehead atoms. The van der Waals surface area contributed by atoms with Crippen molar-refractivity contribution < 1.29 is 31.8 Å². The van der Waals surface area contributed by atoms with E-state index < -0.39 is 25.2 Å². The van der Waals surface area contributed by atoms with E-state index in [4.69, 9.17) is 20.9 Å². The summed E-state index contributed by atoms with van der Waals surface area (Å²) in [5.74, 6) is -0.353. The molecule has 0 unspecified atom stereocenters. The van der Waals surface area contributed by atoms with Crippen molar-refractivity contribution in [1.82, 2.24) is 14.9 Å². The third-order valence-corrected chi connectivity index (χ3v) is 6.15. The number of carbonyl (C=O) groups is 1. The normalized spacial score (nSPS) is 12.7. The number of benzene rings is 2. The molecule has 0 atom stereocenters. The van der Waals surface area contributed by atoms with Crippen LogP contribution in [-0.4, -0.2) is 80.6 Å². The van der Waals surface area contributed by atoms with Gasteiger partial charge in [0.15, 0.2) is 17.3 Å². The molecule has 13 heteroatoms. The highest BCUT2D eigenvalue weighted by molar-refractivity contribution is 5.92. The van der Waals surface area contributed by atoms with E-state index in [1.807, 2.05) is 4.90 Å². The molecule has 2 heterocycles. The van der Waals surface area contributed by atoms with Gasteiger partial charge >= 0.3 is 0 Å². The number of amides is 1. The van der Waals surface area contributed by atoms with E-state index in [1.54, 1.807) is 23.1 Å². The standard InChI is InChI=1S/C23H25F2N5O3.C3H7F2N.C2H2/c1-32-17-13-16-20(19(25)21(17)33-2)27-23(28-22(16)26)30-11-9-29(10-12-30)18(31)8-5-14-3-6-15(24)7-4-14;4-1-3(6)2-5;1-2/h3-4,6-7,13H,5,8-12H2,1-2H3,(H2,26,27,28);3H,1-2,6H2;1-2H. The number of nitrogens with zero attached hydrogens (tertiary/aromatic N) is 4. The molecule has 3 aromatic rings. The number of aryl methyl sites for hydroxylation is 1. The van der Waals surface area contributed by atoms with E-state index in [-0.39, 0.29) is 34.6 Å². The van der Waals surface area contributed by atoms with E-state index in [9.17, 15) is 18.0 Å². The van der Waals surface area contributed by atoms with E-state index in [2.05, 4.69) is 22.8 Å². The number of rotatable bonds is 8. The van der Waals surface area contributed by atoms with Gasteiger partial charge in [0.1, 0.15) is 30.5 Å². The topological polar surface area (TPSA) is 120 Å². The third-order valence-electron chi connectivity index (χ3n) is 6.15.